The van der Waals surface area contributed by atoms with Gasteiger partial charge in [0.05, 0.1) is 0 Å². The highest BCUT2D eigenvalue weighted by molar-refractivity contribution is 4.60. The van der Waals surface area contributed by atoms with Crippen LogP contribution in [-0.2, 0) is 0 Å². The van der Waals surface area contributed by atoms with Crippen LogP contribution in [0.1, 0.15) is 0 Å². The van der Waals surface area contributed by atoms with Crippen LogP contribution >= 0.6 is 0 Å². The Labute approximate surface area is 53.7 Å². The smallest absolute Gasteiger partial charge is 0.330 e. The van der Waals surface area contributed by atoms with E-state index in [1.807, 2.05) is 0 Å². The molecule has 1 aromatic rings. The van der Waals surface area contributed by atoms with Crippen molar-refractivity contribution in [3.05, 3.63) is 31.5 Å². The molecular weight excluding hydrogens is 140 g/mol. The van der Waals surface area contributed by atoms with Crippen molar-refractivity contribution in [3.63, 3.8) is 0 Å². The molecule has 7 nitrogen and oxygen atoms in total. The van der Waals surface area contributed by atoms with E-state index in [9.17, 15) is 14.4 Å². The molecule has 0 radical (unpaired) electrons. The van der Waals surface area contributed by atoms with Crippen molar-refractivity contribution in [1.82, 2.24) is 21.1 Å². The van der Waals surface area contributed by atoms with Crippen LogP contribution in [0.25, 0.3) is 0 Å². The Morgan fingerprint density at radius 1 is 0.700 bits per heavy atom. The molecule has 1 rings (SSSR count). The highest BCUT2D eigenvalue weighted by Gasteiger charge is 1.84. The Morgan fingerprint density at radius 2 is 0.900 bits per heavy atom. The average Bonchev–Trinajstić information content (AvgIpc) is 1.59. The fraction of sp³-hybridized carbons (Fsp3) is 0. The largest absolute Gasteiger partial charge is 0.344 e. The molecule has 56 valence electrons. The molecule has 1 aromatic heterocycles. The first-order valence-electron chi connectivity index (χ1n) is 2.11. The molecule has 0 amide bonds. The topological polar surface area (TPSA) is 134 Å². The van der Waals surface area contributed by atoms with Crippen molar-refractivity contribution in [2.45, 2.75) is 0 Å². The number of nitrogens with one attached hydrogen (secondary N) is 3. The minimum Gasteiger partial charge on any atom is -0.344 e. The van der Waals surface area contributed by atoms with Gasteiger partial charge in [-0.3, -0.25) is 15.0 Å². The molecule has 0 saturated carbocycles. The maximum atomic E-state index is 10.2. The zero-order valence-electron chi connectivity index (χ0n) is 4.93. The molecule has 0 bridgehead atoms. The maximum Gasteiger partial charge on any atom is 0.330 e. The van der Waals surface area contributed by atoms with Crippen LogP contribution in [0.5, 0.6) is 0 Å². The second kappa shape index (κ2) is 2.78. The van der Waals surface area contributed by atoms with E-state index in [2.05, 4.69) is 0 Å². The van der Waals surface area contributed by atoms with Gasteiger partial charge in [-0.2, -0.15) is 0 Å². The first-order chi connectivity index (χ1) is 4.18. The molecule has 0 spiro atoms. The third-order valence-corrected chi connectivity index (χ3v) is 0.681. The number of rotatable bonds is 0. The fourth-order valence-electron chi connectivity index (χ4n) is 0.403. The normalized spacial score (nSPS) is 8.40. The Balaban J connectivity index is 0.000000810. The van der Waals surface area contributed by atoms with E-state index in [4.69, 9.17) is 0 Å². The van der Waals surface area contributed by atoms with E-state index in [-0.39, 0.29) is 6.15 Å². The molecular formula is C3H6N4O3. The third kappa shape index (κ3) is 1.71. The van der Waals surface area contributed by atoms with Crippen LogP contribution in [0.3, 0.4) is 0 Å². The van der Waals surface area contributed by atoms with Crippen LogP contribution in [0.4, 0.5) is 0 Å². The van der Waals surface area contributed by atoms with Crippen LogP contribution < -0.4 is 23.2 Å². The Hall–Kier alpha value is -1.63. The van der Waals surface area contributed by atoms with E-state index in [0.29, 0.717) is 0 Å². The van der Waals surface area contributed by atoms with E-state index >= 15 is 0 Å². The lowest BCUT2D eigenvalue weighted by atomic mass is 11.0. The van der Waals surface area contributed by atoms with Crippen LogP contribution in [0, 0.1) is 0 Å². The first kappa shape index (κ1) is 8.37. The SMILES string of the molecule is N.O=c1[nH]c(=O)[nH]c(=O)[nH]1. The quantitative estimate of drug-likeness (QED) is 0.334. The van der Waals surface area contributed by atoms with Gasteiger partial charge in [-0.05, 0) is 0 Å². The lowest BCUT2D eigenvalue weighted by Gasteiger charge is -1.77. The molecule has 0 aliphatic heterocycles. The summed E-state index contributed by atoms with van der Waals surface area (Å²) in [6.07, 6.45) is 0. The number of aromatic nitrogens is 3. The summed E-state index contributed by atoms with van der Waals surface area (Å²) >= 11 is 0. The Kier molecular flexibility index (Phi) is 2.33. The molecule has 6 N–H and O–H groups in total. The molecule has 0 aromatic carbocycles. The second-order valence-corrected chi connectivity index (χ2v) is 1.36. The molecule has 0 aliphatic carbocycles. The Bertz CT molecular complexity index is 278. The van der Waals surface area contributed by atoms with Gasteiger partial charge >= 0.3 is 17.1 Å². The zero-order chi connectivity index (χ0) is 6.85. The molecule has 0 fully saturated rings. The van der Waals surface area contributed by atoms with Crippen molar-refractivity contribution in [1.29, 1.82) is 0 Å². The van der Waals surface area contributed by atoms with E-state index in [0.717, 1.165) is 0 Å². The van der Waals surface area contributed by atoms with Gasteiger partial charge in [0.15, 0.2) is 0 Å². The average molecular weight is 146 g/mol. The summed E-state index contributed by atoms with van der Waals surface area (Å²) in [6, 6.07) is 0. The van der Waals surface area contributed by atoms with Crippen LogP contribution in [0.15, 0.2) is 14.4 Å². The summed E-state index contributed by atoms with van der Waals surface area (Å²) < 4.78 is 0. The van der Waals surface area contributed by atoms with E-state index < -0.39 is 17.1 Å². The maximum absolute atomic E-state index is 10.2. The van der Waals surface area contributed by atoms with Gasteiger partial charge in [0, 0.05) is 0 Å². The zero-order valence-corrected chi connectivity index (χ0v) is 4.93. The summed E-state index contributed by atoms with van der Waals surface area (Å²) in [6.45, 7) is 0. The van der Waals surface area contributed by atoms with Crippen LogP contribution in [-0.4, -0.2) is 15.0 Å². The number of H-pyrrole nitrogens is 3. The molecule has 0 aliphatic rings. The summed E-state index contributed by atoms with van der Waals surface area (Å²) in [7, 11) is 0. The molecule has 0 unspecified atom stereocenters. The van der Waals surface area contributed by atoms with Crippen molar-refractivity contribution >= 4 is 0 Å². The molecule has 10 heavy (non-hydrogen) atoms. The summed E-state index contributed by atoms with van der Waals surface area (Å²) in [4.78, 5) is 35.9. The standard InChI is InChI=1S/C3H3N3O3.H3N/c7-1-4-2(8)6-3(9)5-1;/h(H3,4,5,6,7,8,9);1H3. The molecule has 1 heterocycles. The highest BCUT2D eigenvalue weighted by atomic mass is 16.2. The van der Waals surface area contributed by atoms with Crippen molar-refractivity contribution in [2.24, 2.45) is 0 Å². The Morgan fingerprint density at radius 3 is 1.10 bits per heavy atom. The van der Waals surface area contributed by atoms with Crippen LogP contribution in [0.2, 0.25) is 0 Å². The number of aromatic amines is 3. The summed E-state index contributed by atoms with van der Waals surface area (Å²) in [5.74, 6) is 0. The van der Waals surface area contributed by atoms with Gasteiger partial charge in [0.25, 0.3) is 0 Å². The molecule has 0 atom stereocenters. The monoisotopic (exact) mass is 146 g/mol. The lowest BCUT2D eigenvalue weighted by molar-refractivity contribution is 0.888. The van der Waals surface area contributed by atoms with Gasteiger partial charge in [-0.15, -0.1) is 0 Å². The minimum atomic E-state index is -0.802. The summed E-state index contributed by atoms with van der Waals surface area (Å²) in [5.41, 5.74) is -2.41. The second-order valence-electron chi connectivity index (χ2n) is 1.36. The first-order valence-corrected chi connectivity index (χ1v) is 2.11. The number of hydrogen-bond donors (Lipinski definition) is 4. The number of hydrogen-bond acceptors (Lipinski definition) is 4. The van der Waals surface area contributed by atoms with E-state index in [1.165, 1.54) is 0 Å². The van der Waals surface area contributed by atoms with Gasteiger partial charge in [0.1, 0.15) is 0 Å². The summed E-state index contributed by atoms with van der Waals surface area (Å²) in [5, 5.41) is 0. The van der Waals surface area contributed by atoms with Gasteiger partial charge in [-0.25, -0.2) is 14.4 Å². The van der Waals surface area contributed by atoms with E-state index in [1.54, 1.807) is 15.0 Å². The van der Waals surface area contributed by atoms with Gasteiger partial charge in [0.2, 0.25) is 0 Å². The van der Waals surface area contributed by atoms with Gasteiger partial charge in [-0.1, -0.05) is 0 Å². The highest BCUT2D eigenvalue weighted by Crippen LogP contribution is 1.29. The van der Waals surface area contributed by atoms with Gasteiger partial charge < -0.3 is 6.15 Å². The lowest BCUT2D eigenvalue weighted by Crippen LogP contribution is -2.34. The minimum absolute atomic E-state index is 0. The van der Waals surface area contributed by atoms with Crippen molar-refractivity contribution in [2.75, 3.05) is 0 Å². The fourth-order valence-corrected chi connectivity index (χ4v) is 0.403. The molecule has 7 heteroatoms. The predicted octanol–water partition coefficient (Wildman–Crippen LogP) is -2.09. The van der Waals surface area contributed by atoms with Crippen molar-refractivity contribution in [3.8, 4) is 0 Å². The third-order valence-electron chi connectivity index (χ3n) is 0.681. The predicted molar refractivity (Wildman–Crippen MR) is 33.3 cm³/mol. The van der Waals surface area contributed by atoms with Crippen molar-refractivity contribution < 1.29 is 0 Å². The molecule has 0 saturated heterocycles.